The van der Waals surface area contributed by atoms with E-state index in [-0.39, 0.29) is 6.03 Å². The third-order valence-electron chi connectivity index (χ3n) is 4.38. The number of carbonyl (C=O) groups excluding carboxylic acids is 1. The Bertz CT molecular complexity index is 535. The molecule has 0 bridgehead atoms. The summed E-state index contributed by atoms with van der Waals surface area (Å²) in [5.41, 5.74) is 2.11. The molecule has 0 saturated carbocycles. The molecular formula is C17H26N4O2. The molecule has 2 aliphatic heterocycles. The summed E-state index contributed by atoms with van der Waals surface area (Å²) in [4.78, 5) is 21.1. The number of anilines is 1. The van der Waals surface area contributed by atoms with Crippen LogP contribution in [0.15, 0.2) is 12.1 Å². The van der Waals surface area contributed by atoms with E-state index in [1.165, 1.54) is 12.8 Å². The van der Waals surface area contributed by atoms with Crippen molar-refractivity contribution in [1.29, 1.82) is 0 Å². The molecule has 0 atom stereocenters. The van der Waals surface area contributed by atoms with E-state index in [1.54, 1.807) is 0 Å². The van der Waals surface area contributed by atoms with E-state index >= 15 is 0 Å². The van der Waals surface area contributed by atoms with Gasteiger partial charge in [-0.1, -0.05) is 0 Å². The lowest BCUT2D eigenvalue weighted by molar-refractivity contribution is 0.142. The van der Waals surface area contributed by atoms with Crippen molar-refractivity contribution in [3.63, 3.8) is 0 Å². The first-order chi connectivity index (χ1) is 11.2. The second kappa shape index (κ2) is 7.64. The molecule has 2 aliphatic rings. The van der Waals surface area contributed by atoms with E-state index in [2.05, 4.69) is 21.3 Å². The van der Waals surface area contributed by atoms with Gasteiger partial charge in [-0.3, -0.25) is 0 Å². The molecule has 0 unspecified atom stereocenters. The van der Waals surface area contributed by atoms with Gasteiger partial charge in [-0.2, -0.15) is 0 Å². The van der Waals surface area contributed by atoms with Crippen LogP contribution < -0.4 is 10.2 Å². The van der Waals surface area contributed by atoms with Gasteiger partial charge in [0.2, 0.25) is 0 Å². The topological polar surface area (TPSA) is 57.7 Å². The monoisotopic (exact) mass is 318 g/mol. The zero-order valence-corrected chi connectivity index (χ0v) is 13.9. The summed E-state index contributed by atoms with van der Waals surface area (Å²) in [5, 5.41) is 3.03. The van der Waals surface area contributed by atoms with Gasteiger partial charge in [0.05, 0.1) is 6.61 Å². The van der Waals surface area contributed by atoms with Crippen molar-refractivity contribution in [2.75, 3.05) is 44.3 Å². The van der Waals surface area contributed by atoms with Crippen LogP contribution in [0.25, 0.3) is 0 Å². The summed E-state index contributed by atoms with van der Waals surface area (Å²) in [5.74, 6) is 1.04. The maximum Gasteiger partial charge on any atom is 0.317 e. The molecule has 3 heterocycles. The summed E-state index contributed by atoms with van der Waals surface area (Å²) in [6.45, 7) is 7.51. The summed E-state index contributed by atoms with van der Waals surface area (Å²) in [6, 6.07) is 4.14. The van der Waals surface area contributed by atoms with Gasteiger partial charge in [0.25, 0.3) is 0 Å². The summed E-state index contributed by atoms with van der Waals surface area (Å²) < 4.78 is 5.39. The number of urea groups is 1. The Morgan fingerprint density at radius 1 is 1.17 bits per heavy atom. The second-order valence-electron chi connectivity index (χ2n) is 6.28. The Hall–Kier alpha value is -1.82. The van der Waals surface area contributed by atoms with Crippen molar-refractivity contribution in [2.45, 2.75) is 32.7 Å². The predicted molar refractivity (Wildman–Crippen MR) is 89.7 cm³/mol. The highest BCUT2D eigenvalue weighted by atomic mass is 16.5. The number of carbonyl (C=O) groups is 1. The summed E-state index contributed by atoms with van der Waals surface area (Å²) >= 11 is 0. The van der Waals surface area contributed by atoms with Gasteiger partial charge < -0.3 is 19.9 Å². The Labute approximate surface area is 137 Å². The minimum absolute atomic E-state index is 0.00677. The highest BCUT2D eigenvalue weighted by Crippen LogP contribution is 2.20. The number of ether oxygens (including phenoxy) is 1. The third-order valence-corrected chi connectivity index (χ3v) is 4.38. The van der Waals surface area contributed by atoms with E-state index in [0.717, 1.165) is 49.7 Å². The first-order valence-electron chi connectivity index (χ1n) is 8.55. The van der Waals surface area contributed by atoms with E-state index in [0.29, 0.717) is 19.7 Å². The Morgan fingerprint density at radius 3 is 2.83 bits per heavy atom. The SMILES string of the molecule is Cc1cc(CNC(=O)N2CCCOCC2)cc(N2CCCC2)n1. The summed E-state index contributed by atoms with van der Waals surface area (Å²) in [7, 11) is 0. The molecule has 6 nitrogen and oxygen atoms in total. The molecule has 0 aromatic carbocycles. The molecule has 3 rings (SSSR count). The van der Waals surface area contributed by atoms with Crippen molar-refractivity contribution in [2.24, 2.45) is 0 Å². The Morgan fingerprint density at radius 2 is 2.00 bits per heavy atom. The normalized spacial score (nSPS) is 18.8. The number of nitrogens with zero attached hydrogens (tertiary/aromatic N) is 3. The third kappa shape index (κ3) is 4.34. The standard InChI is InChI=1S/C17H26N4O2/c1-14-11-15(12-16(19-14)20-5-2-3-6-20)13-18-17(22)21-7-4-9-23-10-8-21/h11-12H,2-10,13H2,1H3,(H,18,22). The van der Waals surface area contributed by atoms with Crippen molar-refractivity contribution in [3.8, 4) is 0 Å². The molecule has 2 saturated heterocycles. The lowest BCUT2D eigenvalue weighted by Crippen LogP contribution is -2.41. The summed E-state index contributed by atoms with van der Waals surface area (Å²) in [6.07, 6.45) is 3.37. The Kier molecular flexibility index (Phi) is 5.33. The smallest absolute Gasteiger partial charge is 0.317 e. The maximum atomic E-state index is 12.3. The van der Waals surface area contributed by atoms with Crippen LogP contribution in [0.5, 0.6) is 0 Å². The van der Waals surface area contributed by atoms with Gasteiger partial charge in [0, 0.05) is 45.0 Å². The van der Waals surface area contributed by atoms with Gasteiger partial charge in [-0.15, -0.1) is 0 Å². The van der Waals surface area contributed by atoms with Gasteiger partial charge in [-0.25, -0.2) is 9.78 Å². The predicted octanol–water partition coefficient (Wildman–Crippen LogP) is 1.92. The fraction of sp³-hybridized carbons (Fsp3) is 0.647. The quantitative estimate of drug-likeness (QED) is 0.925. The number of aromatic nitrogens is 1. The molecule has 0 aliphatic carbocycles. The fourth-order valence-electron chi connectivity index (χ4n) is 3.17. The number of nitrogens with one attached hydrogen (secondary N) is 1. The number of amides is 2. The fourth-order valence-corrected chi connectivity index (χ4v) is 3.17. The number of aryl methyl sites for hydroxylation is 1. The van der Waals surface area contributed by atoms with Crippen LogP contribution in [0.1, 0.15) is 30.5 Å². The molecule has 2 amide bonds. The van der Waals surface area contributed by atoms with Crippen molar-refractivity contribution >= 4 is 11.8 Å². The average molecular weight is 318 g/mol. The maximum absolute atomic E-state index is 12.3. The zero-order valence-electron chi connectivity index (χ0n) is 13.9. The molecule has 0 radical (unpaired) electrons. The highest BCUT2D eigenvalue weighted by Gasteiger charge is 2.17. The molecule has 23 heavy (non-hydrogen) atoms. The number of rotatable bonds is 3. The van der Waals surface area contributed by atoms with Gasteiger partial charge in [-0.05, 0) is 43.9 Å². The average Bonchev–Trinajstić information content (AvgIpc) is 2.95. The van der Waals surface area contributed by atoms with Gasteiger partial charge >= 0.3 is 6.03 Å². The van der Waals surface area contributed by atoms with Crippen LogP contribution in [0.2, 0.25) is 0 Å². The van der Waals surface area contributed by atoms with Crippen LogP contribution in [0.4, 0.5) is 10.6 Å². The van der Waals surface area contributed by atoms with Crippen LogP contribution in [-0.4, -0.2) is 55.3 Å². The van der Waals surface area contributed by atoms with Crippen LogP contribution in [0, 0.1) is 6.92 Å². The minimum atomic E-state index is -0.00677. The molecule has 6 heteroatoms. The van der Waals surface area contributed by atoms with Gasteiger partial charge in [0.1, 0.15) is 5.82 Å². The largest absolute Gasteiger partial charge is 0.380 e. The highest BCUT2D eigenvalue weighted by molar-refractivity contribution is 5.74. The molecule has 2 fully saturated rings. The van der Waals surface area contributed by atoms with E-state index in [1.807, 2.05) is 17.9 Å². The molecule has 1 N–H and O–H groups in total. The van der Waals surface area contributed by atoms with Gasteiger partial charge in [0.15, 0.2) is 0 Å². The van der Waals surface area contributed by atoms with E-state index in [9.17, 15) is 4.79 Å². The van der Waals surface area contributed by atoms with Crippen molar-refractivity contribution in [1.82, 2.24) is 15.2 Å². The number of hydrogen-bond donors (Lipinski definition) is 1. The van der Waals surface area contributed by atoms with E-state index < -0.39 is 0 Å². The van der Waals surface area contributed by atoms with Crippen molar-refractivity contribution in [3.05, 3.63) is 23.4 Å². The lowest BCUT2D eigenvalue weighted by Gasteiger charge is -2.21. The molecule has 1 aromatic heterocycles. The van der Waals surface area contributed by atoms with Crippen LogP contribution >= 0.6 is 0 Å². The number of pyridine rings is 1. The first-order valence-corrected chi connectivity index (χ1v) is 8.55. The lowest BCUT2D eigenvalue weighted by atomic mass is 10.2. The Balaban J connectivity index is 1.59. The van der Waals surface area contributed by atoms with Crippen LogP contribution in [-0.2, 0) is 11.3 Å². The zero-order chi connectivity index (χ0) is 16.1. The second-order valence-corrected chi connectivity index (χ2v) is 6.28. The molecule has 126 valence electrons. The first kappa shape index (κ1) is 16.1. The molecule has 1 aromatic rings. The van der Waals surface area contributed by atoms with Crippen molar-refractivity contribution < 1.29 is 9.53 Å². The molecule has 0 spiro atoms. The molecular weight excluding hydrogens is 292 g/mol. The van der Waals surface area contributed by atoms with E-state index in [4.69, 9.17) is 4.74 Å². The number of hydrogen-bond acceptors (Lipinski definition) is 4. The van der Waals surface area contributed by atoms with Crippen LogP contribution in [0.3, 0.4) is 0 Å². The minimum Gasteiger partial charge on any atom is -0.380 e.